The summed E-state index contributed by atoms with van der Waals surface area (Å²) in [5.41, 5.74) is 2.37. The topological polar surface area (TPSA) is 78.3 Å². The number of aromatic nitrogens is 3. The highest BCUT2D eigenvalue weighted by molar-refractivity contribution is 7.99. The Labute approximate surface area is 207 Å². The summed E-state index contributed by atoms with van der Waals surface area (Å²) in [4.78, 5) is 12.5. The number of hydrogen-bond acceptors (Lipinski definition) is 6. The summed E-state index contributed by atoms with van der Waals surface area (Å²) < 4.78 is 12.8. The normalized spacial score (nSPS) is 10.7. The van der Waals surface area contributed by atoms with Crippen molar-refractivity contribution in [1.82, 2.24) is 14.8 Å². The number of ether oxygens (including phenoxy) is 2. The van der Waals surface area contributed by atoms with Gasteiger partial charge in [0.05, 0.1) is 19.5 Å². The van der Waals surface area contributed by atoms with Crippen molar-refractivity contribution in [2.45, 2.75) is 12.1 Å². The molecule has 174 valence electrons. The lowest BCUT2D eigenvalue weighted by molar-refractivity contribution is -0.113. The molecule has 1 N–H and O–H groups in total. The molecule has 0 radical (unpaired) electrons. The first-order valence-corrected chi connectivity index (χ1v) is 11.9. The van der Waals surface area contributed by atoms with Crippen molar-refractivity contribution >= 4 is 35.0 Å². The minimum atomic E-state index is -0.167. The Morgan fingerprint density at radius 1 is 1.03 bits per heavy atom. The third-order valence-electron chi connectivity index (χ3n) is 4.83. The number of nitrogens with zero attached hydrogens (tertiary/aromatic N) is 3. The Bertz CT molecular complexity index is 1260. The monoisotopic (exact) mass is 494 g/mol. The first-order valence-electron chi connectivity index (χ1n) is 10.6. The minimum Gasteiger partial charge on any atom is -0.497 e. The minimum absolute atomic E-state index is 0.157. The highest BCUT2D eigenvalue weighted by Crippen LogP contribution is 2.30. The predicted molar refractivity (Wildman–Crippen MR) is 135 cm³/mol. The van der Waals surface area contributed by atoms with Crippen LogP contribution < -0.4 is 14.8 Å². The molecule has 7 nitrogen and oxygen atoms in total. The molecule has 0 aliphatic carbocycles. The van der Waals surface area contributed by atoms with E-state index in [4.69, 9.17) is 21.1 Å². The molecule has 0 bridgehead atoms. The number of carbonyl (C=O) groups is 1. The fraction of sp³-hybridized carbons (Fsp3) is 0.160. The van der Waals surface area contributed by atoms with Crippen LogP contribution in [0.1, 0.15) is 6.92 Å². The number of amides is 1. The molecule has 0 aliphatic rings. The summed E-state index contributed by atoms with van der Waals surface area (Å²) in [6.07, 6.45) is 0. The van der Waals surface area contributed by atoms with Gasteiger partial charge in [-0.15, -0.1) is 10.2 Å². The molecular formula is C25H23ClN4O3S. The molecule has 1 aromatic heterocycles. The second kappa shape index (κ2) is 11.1. The van der Waals surface area contributed by atoms with E-state index in [1.165, 1.54) is 11.8 Å². The smallest absolute Gasteiger partial charge is 0.234 e. The standard InChI is InChI=1S/C25H23ClN4O3S/c1-3-33-22-13-9-20(10-14-22)30-24(17-7-11-21(32-2)12-8-17)28-29-25(30)34-16-23(31)27-19-6-4-5-18(26)15-19/h4-15H,3,16H2,1-2H3,(H,27,31). The molecule has 1 amide bonds. The average Bonchev–Trinajstić information content (AvgIpc) is 3.27. The first-order chi connectivity index (χ1) is 16.6. The predicted octanol–water partition coefficient (Wildman–Crippen LogP) is 5.73. The molecule has 0 saturated heterocycles. The molecule has 1 heterocycles. The van der Waals surface area contributed by atoms with Gasteiger partial charge in [0.1, 0.15) is 11.5 Å². The van der Waals surface area contributed by atoms with Crippen LogP contribution in [0.3, 0.4) is 0 Å². The van der Waals surface area contributed by atoms with E-state index < -0.39 is 0 Å². The number of halogens is 1. The summed E-state index contributed by atoms with van der Waals surface area (Å²) in [5, 5.41) is 12.8. The molecule has 9 heteroatoms. The number of methoxy groups -OCH3 is 1. The molecule has 0 aliphatic heterocycles. The van der Waals surface area contributed by atoms with E-state index in [2.05, 4.69) is 15.5 Å². The third kappa shape index (κ3) is 5.70. The maximum absolute atomic E-state index is 12.5. The van der Waals surface area contributed by atoms with E-state index in [0.29, 0.717) is 28.3 Å². The van der Waals surface area contributed by atoms with Gasteiger partial charge in [-0.05, 0) is 73.7 Å². The van der Waals surface area contributed by atoms with Gasteiger partial charge in [0.15, 0.2) is 11.0 Å². The molecule has 34 heavy (non-hydrogen) atoms. The molecular weight excluding hydrogens is 472 g/mol. The van der Waals surface area contributed by atoms with E-state index in [0.717, 1.165) is 22.7 Å². The molecule has 3 aromatic carbocycles. The largest absolute Gasteiger partial charge is 0.497 e. The first kappa shape index (κ1) is 23.7. The second-order valence-electron chi connectivity index (χ2n) is 7.14. The zero-order valence-corrected chi connectivity index (χ0v) is 20.3. The molecule has 0 spiro atoms. The summed E-state index contributed by atoms with van der Waals surface area (Å²) >= 11 is 7.31. The Balaban J connectivity index is 1.60. The number of rotatable bonds is 9. The van der Waals surface area contributed by atoms with Gasteiger partial charge in [0.2, 0.25) is 5.91 Å². The number of hydrogen-bond donors (Lipinski definition) is 1. The summed E-state index contributed by atoms with van der Waals surface area (Å²) in [6, 6.07) is 22.3. The lowest BCUT2D eigenvalue weighted by Gasteiger charge is -2.12. The molecule has 0 unspecified atom stereocenters. The molecule has 4 aromatic rings. The molecule has 0 saturated carbocycles. The van der Waals surface area contributed by atoms with Gasteiger partial charge < -0.3 is 14.8 Å². The maximum Gasteiger partial charge on any atom is 0.234 e. The van der Waals surface area contributed by atoms with Gasteiger partial charge in [-0.1, -0.05) is 29.4 Å². The van der Waals surface area contributed by atoms with Crippen molar-refractivity contribution in [3.63, 3.8) is 0 Å². The zero-order valence-electron chi connectivity index (χ0n) is 18.7. The lowest BCUT2D eigenvalue weighted by atomic mass is 10.2. The van der Waals surface area contributed by atoms with Crippen molar-refractivity contribution in [2.75, 3.05) is 24.8 Å². The number of carbonyl (C=O) groups excluding carboxylic acids is 1. The number of anilines is 1. The fourth-order valence-electron chi connectivity index (χ4n) is 3.27. The van der Waals surface area contributed by atoms with Gasteiger partial charge in [0.25, 0.3) is 0 Å². The van der Waals surface area contributed by atoms with Crippen LogP contribution in [0.25, 0.3) is 17.1 Å². The van der Waals surface area contributed by atoms with E-state index in [1.54, 1.807) is 31.4 Å². The number of benzene rings is 3. The van der Waals surface area contributed by atoms with Crippen LogP contribution in [-0.4, -0.2) is 40.1 Å². The van der Waals surface area contributed by atoms with E-state index >= 15 is 0 Å². The third-order valence-corrected chi connectivity index (χ3v) is 5.99. The Morgan fingerprint density at radius 2 is 1.76 bits per heavy atom. The summed E-state index contributed by atoms with van der Waals surface area (Å²) in [7, 11) is 1.63. The number of nitrogens with one attached hydrogen (secondary N) is 1. The fourth-order valence-corrected chi connectivity index (χ4v) is 4.22. The van der Waals surface area contributed by atoms with E-state index in [9.17, 15) is 4.79 Å². The van der Waals surface area contributed by atoms with Gasteiger partial charge in [-0.25, -0.2) is 0 Å². The van der Waals surface area contributed by atoms with Gasteiger partial charge >= 0.3 is 0 Å². The summed E-state index contributed by atoms with van der Waals surface area (Å²) in [5.74, 6) is 2.18. The Morgan fingerprint density at radius 3 is 2.44 bits per heavy atom. The van der Waals surface area contributed by atoms with Crippen molar-refractivity contribution < 1.29 is 14.3 Å². The maximum atomic E-state index is 12.5. The van der Waals surface area contributed by atoms with E-state index in [1.807, 2.05) is 60.0 Å². The van der Waals surface area contributed by atoms with Crippen molar-refractivity contribution in [1.29, 1.82) is 0 Å². The Hall–Kier alpha value is -3.49. The van der Waals surface area contributed by atoms with Crippen molar-refractivity contribution in [2.24, 2.45) is 0 Å². The van der Waals surface area contributed by atoms with Crippen molar-refractivity contribution in [3.05, 3.63) is 77.8 Å². The van der Waals surface area contributed by atoms with Crippen LogP contribution in [0.5, 0.6) is 11.5 Å². The highest BCUT2D eigenvalue weighted by Gasteiger charge is 2.18. The molecule has 0 fully saturated rings. The number of thioether (sulfide) groups is 1. The summed E-state index contributed by atoms with van der Waals surface area (Å²) in [6.45, 7) is 2.53. The highest BCUT2D eigenvalue weighted by atomic mass is 35.5. The molecule has 4 rings (SSSR count). The average molecular weight is 495 g/mol. The van der Waals surface area contributed by atoms with Crippen molar-refractivity contribution in [3.8, 4) is 28.6 Å². The van der Waals surface area contributed by atoms with Crippen LogP contribution in [0.2, 0.25) is 5.02 Å². The Kier molecular flexibility index (Phi) is 7.72. The van der Waals surface area contributed by atoms with Crippen LogP contribution in [0.4, 0.5) is 5.69 Å². The molecule has 0 atom stereocenters. The van der Waals surface area contributed by atoms with Crippen LogP contribution in [-0.2, 0) is 4.79 Å². The van der Waals surface area contributed by atoms with Gasteiger partial charge in [0, 0.05) is 22.0 Å². The second-order valence-corrected chi connectivity index (χ2v) is 8.52. The zero-order chi connectivity index (χ0) is 23.9. The van der Waals surface area contributed by atoms with Gasteiger partial charge in [-0.2, -0.15) is 0 Å². The van der Waals surface area contributed by atoms with Gasteiger partial charge in [-0.3, -0.25) is 9.36 Å². The quantitative estimate of drug-likeness (QED) is 0.299. The van der Waals surface area contributed by atoms with Crippen LogP contribution in [0, 0.1) is 0 Å². The SMILES string of the molecule is CCOc1ccc(-n2c(SCC(=O)Nc3cccc(Cl)c3)nnc2-c2ccc(OC)cc2)cc1. The lowest BCUT2D eigenvalue weighted by Crippen LogP contribution is -2.14. The van der Waals surface area contributed by atoms with E-state index in [-0.39, 0.29) is 11.7 Å². The van der Waals surface area contributed by atoms with Crippen LogP contribution >= 0.6 is 23.4 Å². The van der Waals surface area contributed by atoms with Crippen LogP contribution in [0.15, 0.2) is 78.0 Å².